The van der Waals surface area contributed by atoms with Gasteiger partial charge in [-0.05, 0) is 32.6 Å². The van der Waals surface area contributed by atoms with E-state index < -0.39 is 0 Å². The van der Waals surface area contributed by atoms with Crippen molar-refractivity contribution in [3.8, 4) is 0 Å². The molecule has 2 aromatic rings. The van der Waals surface area contributed by atoms with Crippen LogP contribution in [0.5, 0.6) is 0 Å². The monoisotopic (exact) mass is 297 g/mol. The number of aryl methyl sites for hydroxylation is 1. The summed E-state index contributed by atoms with van der Waals surface area (Å²) in [7, 11) is 0. The van der Waals surface area contributed by atoms with Crippen molar-refractivity contribution in [2.75, 3.05) is 6.54 Å². The van der Waals surface area contributed by atoms with Gasteiger partial charge in [0.1, 0.15) is 11.6 Å². The second-order valence-electron chi connectivity index (χ2n) is 6.21. The van der Waals surface area contributed by atoms with Crippen LogP contribution in [0.4, 0.5) is 0 Å². The molecule has 0 aromatic carbocycles. The van der Waals surface area contributed by atoms with Crippen LogP contribution >= 0.6 is 0 Å². The topological polar surface area (TPSA) is 74.8 Å². The van der Waals surface area contributed by atoms with Gasteiger partial charge in [0, 0.05) is 36.7 Å². The lowest BCUT2D eigenvalue weighted by Crippen LogP contribution is -2.31. The van der Waals surface area contributed by atoms with Gasteiger partial charge < -0.3 is 9.88 Å². The van der Waals surface area contributed by atoms with Gasteiger partial charge in [0.2, 0.25) is 0 Å². The van der Waals surface area contributed by atoms with Crippen molar-refractivity contribution in [2.24, 2.45) is 0 Å². The Bertz CT molecular complexity index is 689. The zero-order valence-electron chi connectivity index (χ0n) is 12.6. The highest BCUT2D eigenvalue weighted by molar-refractivity contribution is 5.94. The number of H-pyrrole nitrogens is 1. The zero-order valence-corrected chi connectivity index (χ0v) is 12.6. The fraction of sp³-hybridized carbons (Fsp3) is 0.500. The van der Waals surface area contributed by atoms with Crippen molar-refractivity contribution < 1.29 is 4.79 Å². The number of amides is 1. The number of aromatic nitrogens is 4. The highest BCUT2D eigenvalue weighted by Crippen LogP contribution is 2.37. The number of rotatable bonds is 3. The first-order valence-electron chi connectivity index (χ1n) is 7.87. The first-order valence-corrected chi connectivity index (χ1v) is 7.87. The Kier molecular flexibility index (Phi) is 3.17. The number of carbonyl (C=O) groups is 1. The van der Waals surface area contributed by atoms with E-state index in [1.165, 1.54) is 12.8 Å². The number of imidazole rings is 1. The molecule has 4 rings (SSSR count). The molecule has 0 bridgehead atoms. The number of nitrogens with one attached hydrogen (secondary N) is 1. The first kappa shape index (κ1) is 13.4. The van der Waals surface area contributed by atoms with Crippen LogP contribution in [-0.4, -0.2) is 37.3 Å². The minimum atomic E-state index is -0.00102. The van der Waals surface area contributed by atoms with Crippen LogP contribution in [0.3, 0.4) is 0 Å². The highest BCUT2D eigenvalue weighted by atomic mass is 16.2. The normalized spacial score (nSPS) is 21.3. The van der Waals surface area contributed by atoms with Gasteiger partial charge in [0.15, 0.2) is 0 Å². The molecule has 2 aromatic heterocycles. The van der Waals surface area contributed by atoms with Gasteiger partial charge in [0.25, 0.3) is 5.91 Å². The third kappa shape index (κ3) is 2.38. The van der Waals surface area contributed by atoms with Crippen molar-refractivity contribution in [2.45, 2.75) is 44.6 Å². The Morgan fingerprint density at radius 2 is 1.95 bits per heavy atom. The minimum Gasteiger partial charge on any atom is -0.344 e. The summed E-state index contributed by atoms with van der Waals surface area (Å²) < 4.78 is 0. The van der Waals surface area contributed by atoms with Crippen molar-refractivity contribution >= 4 is 5.91 Å². The summed E-state index contributed by atoms with van der Waals surface area (Å²) >= 11 is 0. The molecule has 1 saturated carbocycles. The average Bonchev–Trinajstić information content (AvgIpc) is 3.11. The molecule has 6 nitrogen and oxygen atoms in total. The van der Waals surface area contributed by atoms with Gasteiger partial charge in [0.05, 0.1) is 11.6 Å². The van der Waals surface area contributed by atoms with Gasteiger partial charge in [-0.1, -0.05) is 0 Å². The number of hydrogen-bond acceptors (Lipinski definition) is 4. The maximum atomic E-state index is 12.7. The van der Waals surface area contributed by atoms with E-state index in [0.29, 0.717) is 11.5 Å². The summed E-state index contributed by atoms with van der Waals surface area (Å²) in [6.07, 6.45) is 9.43. The summed E-state index contributed by atoms with van der Waals surface area (Å²) in [5, 5.41) is 0. The van der Waals surface area contributed by atoms with E-state index in [0.717, 1.165) is 36.7 Å². The van der Waals surface area contributed by atoms with Crippen LogP contribution in [0.2, 0.25) is 0 Å². The third-order valence-electron chi connectivity index (χ3n) is 4.41. The molecule has 22 heavy (non-hydrogen) atoms. The number of nitrogens with zero attached hydrogens (tertiary/aromatic N) is 4. The highest BCUT2D eigenvalue weighted by Gasteiger charge is 2.33. The van der Waals surface area contributed by atoms with Crippen molar-refractivity contribution in [1.29, 1.82) is 0 Å². The molecule has 1 aliphatic heterocycles. The molecule has 0 radical (unpaired) electrons. The summed E-state index contributed by atoms with van der Waals surface area (Å²) in [4.78, 5) is 31.0. The zero-order chi connectivity index (χ0) is 15.1. The number of carbonyl (C=O) groups excluding carboxylic acids is 1. The van der Waals surface area contributed by atoms with E-state index in [1.54, 1.807) is 12.4 Å². The van der Waals surface area contributed by atoms with Crippen LogP contribution in [0, 0.1) is 6.92 Å². The maximum Gasteiger partial charge on any atom is 0.257 e. The second-order valence-corrected chi connectivity index (χ2v) is 6.21. The molecule has 114 valence electrons. The molecule has 1 saturated heterocycles. The quantitative estimate of drug-likeness (QED) is 0.943. The van der Waals surface area contributed by atoms with E-state index in [-0.39, 0.29) is 11.9 Å². The Hall–Kier alpha value is -2.24. The number of likely N-dealkylation sites (tertiary alicyclic amines) is 1. The summed E-state index contributed by atoms with van der Waals surface area (Å²) in [5.41, 5.74) is 1.59. The van der Waals surface area contributed by atoms with Crippen molar-refractivity contribution in [3.05, 3.63) is 41.5 Å². The third-order valence-corrected chi connectivity index (χ3v) is 4.41. The SMILES string of the molecule is Cc1cnc([C@H]2CCCN2C(=O)c2cnc(C3CC3)nc2)[nH]1. The van der Waals surface area contributed by atoms with Gasteiger partial charge in [-0.2, -0.15) is 0 Å². The summed E-state index contributed by atoms with van der Waals surface area (Å²) in [5.74, 6) is 2.25. The average molecular weight is 297 g/mol. The van der Waals surface area contributed by atoms with Crippen molar-refractivity contribution in [1.82, 2.24) is 24.8 Å². The first-order chi connectivity index (χ1) is 10.7. The second kappa shape index (κ2) is 5.19. The van der Waals surface area contributed by atoms with Crippen LogP contribution < -0.4 is 0 Å². The van der Waals surface area contributed by atoms with Gasteiger partial charge in [-0.15, -0.1) is 0 Å². The molecule has 1 amide bonds. The van der Waals surface area contributed by atoms with E-state index in [4.69, 9.17) is 0 Å². The Labute approximate surface area is 129 Å². The molecule has 2 fully saturated rings. The molecule has 1 aliphatic carbocycles. The van der Waals surface area contributed by atoms with E-state index in [1.807, 2.05) is 18.0 Å². The largest absolute Gasteiger partial charge is 0.344 e. The lowest BCUT2D eigenvalue weighted by Gasteiger charge is -2.23. The predicted molar refractivity (Wildman–Crippen MR) is 80.3 cm³/mol. The number of hydrogen-bond donors (Lipinski definition) is 1. The van der Waals surface area contributed by atoms with Gasteiger partial charge in [-0.3, -0.25) is 4.79 Å². The molecule has 2 aliphatic rings. The van der Waals surface area contributed by atoms with Crippen LogP contribution in [0.15, 0.2) is 18.6 Å². The Balaban J connectivity index is 1.55. The molecule has 0 spiro atoms. The Morgan fingerprint density at radius 3 is 2.59 bits per heavy atom. The molecular weight excluding hydrogens is 278 g/mol. The van der Waals surface area contributed by atoms with Crippen LogP contribution in [0.1, 0.15) is 65.3 Å². The number of aromatic amines is 1. The van der Waals surface area contributed by atoms with E-state index in [2.05, 4.69) is 19.9 Å². The molecule has 1 N–H and O–H groups in total. The fourth-order valence-corrected chi connectivity index (χ4v) is 3.06. The van der Waals surface area contributed by atoms with E-state index in [9.17, 15) is 4.79 Å². The molecule has 6 heteroatoms. The lowest BCUT2D eigenvalue weighted by atomic mass is 10.2. The van der Waals surface area contributed by atoms with Gasteiger partial charge in [-0.25, -0.2) is 15.0 Å². The van der Waals surface area contributed by atoms with E-state index >= 15 is 0 Å². The summed E-state index contributed by atoms with van der Waals surface area (Å²) in [6, 6.07) is 0.0318. The Morgan fingerprint density at radius 1 is 1.18 bits per heavy atom. The molecular formula is C16H19N5O. The predicted octanol–water partition coefficient (Wildman–Crippen LogP) is 2.36. The van der Waals surface area contributed by atoms with Crippen LogP contribution in [-0.2, 0) is 0 Å². The maximum absolute atomic E-state index is 12.7. The lowest BCUT2D eigenvalue weighted by molar-refractivity contribution is 0.0729. The standard InChI is InChI=1S/C16H19N5O/c1-10-7-17-15(20-10)13-3-2-6-21(13)16(22)12-8-18-14(19-9-12)11-4-5-11/h7-9,11,13H,2-6H2,1H3,(H,17,20)/t13-/m1/s1. The fourth-order valence-electron chi connectivity index (χ4n) is 3.06. The summed E-state index contributed by atoms with van der Waals surface area (Å²) in [6.45, 7) is 2.73. The van der Waals surface area contributed by atoms with Gasteiger partial charge >= 0.3 is 0 Å². The molecule has 1 atom stereocenters. The minimum absolute atomic E-state index is 0.00102. The molecule has 0 unspecified atom stereocenters. The van der Waals surface area contributed by atoms with Crippen molar-refractivity contribution in [3.63, 3.8) is 0 Å². The molecule has 3 heterocycles. The smallest absolute Gasteiger partial charge is 0.257 e. The van der Waals surface area contributed by atoms with Crippen LogP contribution in [0.25, 0.3) is 0 Å².